The van der Waals surface area contributed by atoms with Crippen molar-refractivity contribution in [1.82, 2.24) is 4.98 Å². The molecule has 42 heavy (non-hydrogen) atoms. The van der Waals surface area contributed by atoms with E-state index in [9.17, 15) is 14.4 Å². The fourth-order valence-corrected chi connectivity index (χ4v) is 4.93. The van der Waals surface area contributed by atoms with E-state index in [1.165, 1.54) is 36.2 Å². The zero-order valence-corrected chi connectivity index (χ0v) is 24.4. The molecule has 0 saturated heterocycles. The van der Waals surface area contributed by atoms with Crippen LogP contribution in [0.5, 0.6) is 11.5 Å². The van der Waals surface area contributed by atoms with Crippen LogP contribution in [0, 0.1) is 0 Å². The standard InChI is InChI=1S/C32H36N2O7S/c1-40-26-14-12-23(13-15-26)9-6-4-2-3-5-7-20-41-28-17-18-29(34-27(28)16-19-30(35)36)42-22-24-10-8-11-25(21-24)33-31(37)32(38)39/h8,10-19,21H,2-7,9,20,22H2,1H3,(H,33,37)(H,35,36)(H,38,39). The first-order valence-electron chi connectivity index (χ1n) is 13.8. The van der Waals surface area contributed by atoms with Gasteiger partial charge in [0.25, 0.3) is 0 Å². The number of aryl methyl sites for hydroxylation is 1. The van der Waals surface area contributed by atoms with Crippen LogP contribution in [0.2, 0.25) is 0 Å². The number of carboxylic acid groups (broad SMARTS) is 2. The van der Waals surface area contributed by atoms with Gasteiger partial charge in [-0.3, -0.25) is 4.79 Å². The summed E-state index contributed by atoms with van der Waals surface area (Å²) in [5.41, 5.74) is 3.00. The van der Waals surface area contributed by atoms with Crippen molar-refractivity contribution in [3.8, 4) is 11.5 Å². The van der Waals surface area contributed by atoms with Crippen molar-refractivity contribution >= 4 is 41.4 Å². The largest absolute Gasteiger partial charge is 0.497 e. The summed E-state index contributed by atoms with van der Waals surface area (Å²) < 4.78 is 11.1. The van der Waals surface area contributed by atoms with Crippen LogP contribution in [-0.2, 0) is 26.6 Å². The second-order valence-corrected chi connectivity index (χ2v) is 10.5. The highest BCUT2D eigenvalue weighted by Gasteiger charge is 2.12. The number of rotatable bonds is 17. The van der Waals surface area contributed by atoms with Gasteiger partial charge in [0.15, 0.2) is 0 Å². The second kappa shape index (κ2) is 17.5. The molecular weight excluding hydrogens is 556 g/mol. The summed E-state index contributed by atoms with van der Waals surface area (Å²) >= 11 is 1.42. The quantitative estimate of drug-likeness (QED) is 0.0698. The fraction of sp³-hybridized carbons (Fsp3) is 0.312. The summed E-state index contributed by atoms with van der Waals surface area (Å²) in [5, 5.41) is 20.9. The number of hydrogen-bond donors (Lipinski definition) is 3. The minimum Gasteiger partial charge on any atom is -0.497 e. The molecule has 3 aromatic rings. The Morgan fingerprint density at radius 1 is 0.905 bits per heavy atom. The summed E-state index contributed by atoms with van der Waals surface area (Å²) in [5.74, 6) is -1.83. The van der Waals surface area contributed by atoms with E-state index >= 15 is 0 Å². The van der Waals surface area contributed by atoms with E-state index in [-0.39, 0.29) is 0 Å². The first-order valence-corrected chi connectivity index (χ1v) is 14.8. The highest BCUT2D eigenvalue weighted by atomic mass is 32.2. The van der Waals surface area contributed by atoms with E-state index in [4.69, 9.17) is 19.7 Å². The number of thioether (sulfide) groups is 1. The highest BCUT2D eigenvalue weighted by molar-refractivity contribution is 7.98. The van der Waals surface area contributed by atoms with Crippen molar-refractivity contribution in [3.63, 3.8) is 0 Å². The maximum Gasteiger partial charge on any atom is 0.394 e. The van der Waals surface area contributed by atoms with Crippen molar-refractivity contribution < 1.29 is 34.1 Å². The molecule has 0 saturated carbocycles. The molecule has 1 aromatic heterocycles. The van der Waals surface area contributed by atoms with Gasteiger partial charge in [-0.1, -0.05) is 49.9 Å². The van der Waals surface area contributed by atoms with E-state index in [0.29, 0.717) is 34.5 Å². The molecule has 2 aromatic carbocycles. The Hall–Kier alpha value is -4.31. The van der Waals surface area contributed by atoms with Gasteiger partial charge in [-0.2, -0.15) is 0 Å². The van der Waals surface area contributed by atoms with Crippen LogP contribution >= 0.6 is 11.8 Å². The minimum absolute atomic E-state index is 0.385. The zero-order chi connectivity index (χ0) is 30.2. The molecule has 0 aliphatic heterocycles. The Kier molecular flexibility index (Phi) is 13.4. The van der Waals surface area contributed by atoms with Crippen molar-refractivity contribution in [3.05, 3.63) is 83.6 Å². The third-order valence-electron chi connectivity index (χ3n) is 6.29. The summed E-state index contributed by atoms with van der Waals surface area (Å²) in [6.07, 6.45) is 10.1. The third kappa shape index (κ3) is 11.7. The van der Waals surface area contributed by atoms with Gasteiger partial charge >= 0.3 is 17.8 Å². The lowest BCUT2D eigenvalue weighted by atomic mass is 10.0. The van der Waals surface area contributed by atoms with Crippen LogP contribution in [-0.4, -0.2) is 46.8 Å². The molecule has 0 radical (unpaired) electrons. The minimum atomic E-state index is -1.56. The van der Waals surface area contributed by atoms with Crippen molar-refractivity contribution in [1.29, 1.82) is 0 Å². The molecule has 0 spiro atoms. The van der Waals surface area contributed by atoms with Gasteiger partial charge in [0.2, 0.25) is 0 Å². The number of ether oxygens (including phenoxy) is 2. The number of hydrogen-bond acceptors (Lipinski definition) is 7. The SMILES string of the molecule is COc1ccc(CCCCCCCCOc2ccc(SCc3cccc(NC(=O)C(=O)O)c3)nc2C=CC(=O)O)cc1. The number of pyridine rings is 1. The number of aromatic nitrogens is 1. The Labute approximate surface area is 250 Å². The normalized spacial score (nSPS) is 10.9. The van der Waals surface area contributed by atoms with Gasteiger partial charge in [0.05, 0.1) is 18.7 Å². The molecule has 3 rings (SSSR count). The number of nitrogens with zero attached hydrogens (tertiary/aromatic N) is 1. The number of amides is 1. The molecule has 0 fully saturated rings. The van der Waals surface area contributed by atoms with Gasteiger partial charge in [-0.15, -0.1) is 11.8 Å². The molecule has 3 N–H and O–H groups in total. The van der Waals surface area contributed by atoms with Crippen LogP contribution in [0.3, 0.4) is 0 Å². The van der Waals surface area contributed by atoms with E-state index in [0.717, 1.165) is 49.5 Å². The molecule has 0 atom stereocenters. The molecular formula is C32H36N2O7S. The van der Waals surface area contributed by atoms with E-state index in [2.05, 4.69) is 22.4 Å². The van der Waals surface area contributed by atoms with Gasteiger partial charge < -0.3 is 25.0 Å². The Balaban J connectivity index is 1.43. The molecule has 1 amide bonds. The summed E-state index contributed by atoms with van der Waals surface area (Å²) in [4.78, 5) is 37.9. The van der Waals surface area contributed by atoms with E-state index < -0.39 is 17.8 Å². The summed E-state index contributed by atoms with van der Waals surface area (Å²) in [6.45, 7) is 0.517. The van der Waals surface area contributed by atoms with Crippen molar-refractivity contribution in [2.45, 2.75) is 55.7 Å². The van der Waals surface area contributed by atoms with Gasteiger partial charge in [0, 0.05) is 17.5 Å². The smallest absolute Gasteiger partial charge is 0.394 e. The average Bonchev–Trinajstić information content (AvgIpc) is 2.99. The lowest BCUT2D eigenvalue weighted by Crippen LogP contribution is -2.21. The molecule has 222 valence electrons. The van der Waals surface area contributed by atoms with Gasteiger partial charge in [-0.05, 0) is 72.9 Å². The molecule has 10 heteroatoms. The summed E-state index contributed by atoms with van der Waals surface area (Å²) in [7, 11) is 1.67. The average molecular weight is 593 g/mol. The number of unbranched alkanes of at least 4 members (excludes halogenated alkanes) is 5. The Bertz CT molecular complexity index is 1360. The predicted octanol–water partition coefficient (Wildman–Crippen LogP) is 6.47. The fourth-order valence-electron chi connectivity index (χ4n) is 4.11. The zero-order valence-electron chi connectivity index (χ0n) is 23.6. The van der Waals surface area contributed by atoms with Crippen LogP contribution in [0.15, 0.2) is 71.8 Å². The summed E-state index contributed by atoms with van der Waals surface area (Å²) in [6, 6.07) is 18.7. The first kappa shape index (κ1) is 32.2. The van der Waals surface area contributed by atoms with Crippen molar-refractivity contribution in [2.75, 3.05) is 19.0 Å². The van der Waals surface area contributed by atoms with Crippen molar-refractivity contribution in [2.24, 2.45) is 0 Å². The van der Waals surface area contributed by atoms with Gasteiger partial charge in [0.1, 0.15) is 17.2 Å². The molecule has 0 aliphatic carbocycles. The molecule has 0 unspecified atom stereocenters. The number of benzene rings is 2. The monoisotopic (exact) mass is 592 g/mol. The third-order valence-corrected chi connectivity index (χ3v) is 7.29. The number of carbonyl (C=O) groups excluding carboxylic acids is 1. The maximum absolute atomic E-state index is 11.4. The van der Waals surface area contributed by atoms with E-state index in [1.54, 1.807) is 31.4 Å². The maximum atomic E-state index is 11.4. The first-order chi connectivity index (χ1) is 20.3. The highest BCUT2D eigenvalue weighted by Crippen LogP contribution is 2.27. The molecule has 0 bridgehead atoms. The Morgan fingerprint density at radius 2 is 1.64 bits per heavy atom. The molecule has 9 nitrogen and oxygen atoms in total. The van der Waals surface area contributed by atoms with Crippen LogP contribution < -0.4 is 14.8 Å². The van der Waals surface area contributed by atoms with Crippen LogP contribution in [0.25, 0.3) is 6.08 Å². The Morgan fingerprint density at radius 3 is 2.36 bits per heavy atom. The molecule has 0 aliphatic rings. The lowest BCUT2D eigenvalue weighted by molar-refractivity contribution is -0.147. The topological polar surface area (TPSA) is 135 Å². The number of carboxylic acids is 2. The number of nitrogens with one attached hydrogen (secondary N) is 1. The molecule has 1 heterocycles. The van der Waals surface area contributed by atoms with Gasteiger partial charge in [-0.25, -0.2) is 14.6 Å². The van der Waals surface area contributed by atoms with Crippen LogP contribution in [0.1, 0.15) is 55.3 Å². The number of carbonyl (C=O) groups is 3. The number of methoxy groups -OCH3 is 1. The lowest BCUT2D eigenvalue weighted by Gasteiger charge is -2.11. The number of aliphatic carboxylic acids is 2. The second-order valence-electron chi connectivity index (χ2n) is 9.52. The number of anilines is 1. The van der Waals surface area contributed by atoms with Crippen LogP contribution in [0.4, 0.5) is 5.69 Å². The predicted molar refractivity (Wildman–Crippen MR) is 163 cm³/mol. The van der Waals surface area contributed by atoms with E-state index in [1.807, 2.05) is 24.3 Å².